The first-order valence-electron chi connectivity index (χ1n) is 10.7. The van der Waals surface area contributed by atoms with Gasteiger partial charge in [0.2, 0.25) is 5.82 Å². The average molecular weight is 439 g/mol. The van der Waals surface area contributed by atoms with Crippen molar-refractivity contribution in [2.75, 3.05) is 6.61 Å². The standard InChI is InChI=1S/C24H26FN3O4/c1-15-12-19(17(3)28(15)16(2)18-8-5-4-6-9-18)21(29)14-27-23(30)20(25)13-26(24(27)31)22-10-7-11-32-22/h4-6,8-9,12-13,16,22H,7,10-11,14H2,1-3H3/t16-,22+/m0/s1. The molecular weight excluding hydrogens is 413 g/mol. The number of carbonyl (C=O) groups excluding carboxylic acids is 1. The number of ketones is 1. The average Bonchev–Trinajstić information content (AvgIpc) is 3.42. The predicted molar refractivity (Wildman–Crippen MR) is 118 cm³/mol. The molecule has 2 atom stereocenters. The Morgan fingerprint density at radius 3 is 2.59 bits per heavy atom. The van der Waals surface area contributed by atoms with Crippen LogP contribution in [0.1, 0.15) is 59.3 Å². The van der Waals surface area contributed by atoms with Crippen LogP contribution in [0.15, 0.2) is 52.2 Å². The molecule has 0 saturated carbocycles. The molecule has 168 valence electrons. The van der Waals surface area contributed by atoms with Crippen molar-refractivity contribution in [2.24, 2.45) is 0 Å². The summed E-state index contributed by atoms with van der Waals surface area (Å²) >= 11 is 0. The van der Waals surface area contributed by atoms with Crippen LogP contribution in [0, 0.1) is 19.7 Å². The maximum Gasteiger partial charge on any atom is 0.333 e. The summed E-state index contributed by atoms with van der Waals surface area (Å²) in [7, 11) is 0. The second-order valence-electron chi connectivity index (χ2n) is 8.19. The molecule has 7 nitrogen and oxygen atoms in total. The zero-order valence-corrected chi connectivity index (χ0v) is 18.4. The fourth-order valence-corrected chi connectivity index (χ4v) is 4.48. The zero-order valence-electron chi connectivity index (χ0n) is 18.4. The largest absolute Gasteiger partial charge is 0.358 e. The van der Waals surface area contributed by atoms with Gasteiger partial charge in [-0.15, -0.1) is 0 Å². The Kier molecular flexibility index (Phi) is 5.97. The lowest BCUT2D eigenvalue weighted by atomic mass is 10.1. The van der Waals surface area contributed by atoms with Crippen LogP contribution < -0.4 is 11.2 Å². The van der Waals surface area contributed by atoms with Gasteiger partial charge in [-0.3, -0.25) is 14.2 Å². The molecule has 8 heteroatoms. The summed E-state index contributed by atoms with van der Waals surface area (Å²) in [6.07, 6.45) is 1.53. The van der Waals surface area contributed by atoms with E-state index in [-0.39, 0.29) is 6.04 Å². The first-order chi connectivity index (χ1) is 15.3. The summed E-state index contributed by atoms with van der Waals surface area (Å²) in [6, 6.07) is 11.6. The first-order valence-corrected chi connectivity index (χ1v) is 10.7. The van der Waals surface area contributed by atoms with Gasteiger partial charge >= 0.3 is 5.69 Å². The third-order valence-corrected chi connectivity index (χ3v) is 6.13. The maximum atomic E-state index is 14.3. The van der Waals surface area contributed by atoms with E-state index in [0.29, 0.717) is 23.2 Å². The van der Waals surface area contributed by atoms with Gasteiger partial charge in [0.15, 0.2) is 5.78 Å². The van der Waals surface area contributed by atoms with Gasteiger partial charge in [0.25, 0.3) is 5.56 Å². The highest BCUT2D eigenvalue weighted by atomic mass is 19.1. The Balaban J connectivity index is 1.69. The van der Waals surface area contributed by atoms with Gasteiger partial charge in [-0.2, -0.15) is 4.39 Å². The number of aromatic nitrogens is 3. The molecule has 0 amide bonds. The van der Waals surface area contributed by atoms with Gasteiger partial charge < -0.3 is 9.30 Å². The SMILES string of the molecule is Cc1cc(C(=O)Cn2c(=O)c(F)cn([C@H]3CCCO3)c2=O)c(C)n1[C@@H](C)c1ccccc1. The van der Waals surface area contributed by atoms with E-state index in [1.54, 1.807) is 6.07 Å². The summed E-state index contributed by atoms with van der Waals surface area (Å²) in [5, 5.41) is 0. The van der Waals surface area contributed by atoms with E-state index >= 15 is 0 Å². The lowest BCUT2D eigenvalue weighted by Crippen LogP contribution is -2.43. The van der Waals surface area contributed by atoms with Crippen LogP contribution in [-0.2, 0) is 11.3 Å². The number of ether oxygens (including phenoxy) is 1. The van der Waals surface area contributed by atoms with Gasteiger partial charge in [0.05, 0.1) is 18.8 Å². The molecule has 0 radical (unpaired) electrons. The third-order valence-electron chi connectivity index (χ3n) is 6.13. The molecule has 1 fully saturated rings. The topological polar surface area (TPSA) is 75.2 Å². The number of carbonyl (C=O) groups is 1. The number of benzene rings is 1. The predicted octanol–water partition coefficient (Wildman–Crippen LogP) is 3.37. The molecule has 4 rings (SSSR count). The van der Waals surface area contributed by atoms with Crippen molar-refractivity contribution in [1.29, 1.82) is 0 Å². The molecule has 0 bridgehead atoms. The van der Waals surface area contributed by atoms with Crippen molar-refractivity contribution in [3.63, 3.8) is 0 Å². The molecule has 2 aromatic heterocycles. The van der Waals surface area contributed by atoms with Crippen molar-refractivity contribution in [1.82, 2.24) is 13.7 Å². The van der Waals surface area contributed by atoms with E-state index in [0.717, 1.165) is 34.1 Å². The Morgan fingerprint density at radius 1 is 1.22 bits per heavy atom. The molecule has 3 aromatic rings. The van der Waals surface area contributed by atoms with E-state index in [2.05, 4.69) is 0 Å². The van der Waals surface area contributed by atoms with Gasteiger partial charge in [-0.05, 0) is 45.2 Å². The van der Waals surface area contributed by atoms with Crippen LogP contribution in [-0.4, -0.2) is 26.1 Å². The van der Waals surface area contributed by atoms with Gasteiger partial charge in [-0.25, -0.2) is 9.36 Å². The molecule has 0 N–H and O–H groups in total. The quantitative estimate of drug-likeness (QED) is 0.552. The molecule has 0 unspecified atom stereocenters. The molecule has 1 aliphatic heterocycles. The van der Waals surface area contributed by atoms with Gasteiger partial charge in [0.1, 0.15) is 6.23 Å². The van der Waals surface area contributed by atoms with Crippen LogP contribution in [0.25, 0.3) is 0 Å². The molecule has 0 aliphatic carbocycles. The van der Waals surface area contributed by atoms with Crippen molar-refractivity contribution >= 4 is 5.78 Å². The second kappa shape index (κ2) is 8.70. The van der Waals surface area contributed by atoms with Crippen LogP contribution >= 0.6 is 0 Å². The number of aryl methyl sites for hydroxylation is 1. The smallest absolute Gasteiger partial charge is 0.333 e. The van der Waals surface area contributed by atoms with E-state index < -0.39 is 35.6 Å². The highest BCUT2D eigenvalue weighted by Crippen LogP contribution is 2.26. The van der Waals surface area contributed by atoms with Gasteiger partial charge in [0, 0.05) is 23.6 Å². The normalized spacial score (nSPS) is 16.9. The zero-order chi connectivity index (χ0) is 23.0. The number of nitrogens with zero attached hydrogens (tertiary/aromatic N) is 3. The maximum absolute atomic E-state index is 14.3. The van der Waals surface area contributed by atoms with E-state index in [1.807, 2.05) is 55.7 Å². The minimum absolute atomic E-state index is 0.00798. The summed E-state index contributed by atoms with van der Waals surface area (Å²) in [4.78, 5) is 38.4. The van der Waals surface area contributed by atoms with Gasteiger partial charge in [-0.1, -0.05) is 30.3 Å². The Morgan fingerprint density at radius 2 is 1.94 bits per heavy atom. The number of hydrogen-bond acceptors (Lipinski definition) is 4. The minimum atomic E-state index is -1.11. The fraction of sp³-hybridized carbons (Fsp3) is 0.375. The van der Waals surface area contributed by atoms with Crippen LogP contribution in [0.4, 0.5) is 4.39 Å². The highest BCUT2D eigenvalue weighted by Gasteiger charge is 2.25. The number of Topliss-reactive ketones (excluding diaryl/α,β-unsaturated/α-hetero) is 1. The molecule has 0 spiro atoms. The summed E-state index contributed by atoms with van der Waals surface area (Å²) < 4.78 is 23.5. The van der Waals surface area contributed by atoms with Crippen LogP contribution in [0.3, 0.4) is 0 Å². The molecular formula is C24H26FN3O4. The van der Waals surface area contributed by atoms with E-state index in [1.165, 1.54) is 0 Å². The molecule has 32 heavy (non-hydrogen) atoms. The minimum Gasteiger partial charge on any atom is -0.358 e. The molecule has 1 saturated heterocycles. The molecule has 3 heterocycles. The van der Waals surface area contributed by atoms with Crippen LogP contribution in [0.5, 0.6) is 0 Å². The van der Waals surface area contributed by atoms with E-state index in [9.17, 15) is 18.8 Å². The van der Waals surface area contributed by atoms with Crippen molar-refractivity contribution in [2.45, 2.75) is 52.4 Å². The Labute approximate surface area is 184 Å². The summed E-state index contributed by atoms with van der Waals surface area (Å²) in [5.41, 5.74) is 1.25. The number of rotatable bonds is 6. The third kappa shape index (κ3) is 3.86. The lowest BCUT2D eigenvalue weighted by molar-refractivity contribution is 0.0501. The Bertz CT molecular complexity index is 1270. The molecule has 1 aliphatic rings. The lowest BCUT2D eigenvalue weighted by Gasteiger charge is -2.19. The van der Waals surface area contributed by atoms with Crippen molar-refractivity contribution in [3.05, 3.63) is 91.8 Å². The highest BCUT2D eigenvalue weighted by molar-refractivity contribution is 5.97. The summed E-state index contributed by atoms with van der Waals surface area (Å²) in [6.45, 7) is 5.70. The second-order valence-corrected chi connectivity index (χ2v) is 8.19. The first kappa shape index (κ1) is 22.0. The monoisotopic (exact) mass is 439 g/mol. The Hall–Kier alpha value is -3.26. The van der Waals surface area contributed by atoms with Crippen molar-refractivity contribution < 1.29 is 13.9 Å². The summed E-state index contributed by atoms with van der Waals surface area (Å²) in [5.74, 6) is -1.51. The van der Waals surface area contributed by atoms with E-state index in [4.69, 9.17) is 4.74 Å². The van der Waals surface area contributed by atoms with Crippen molar-refractivity contribution in [3.8, 4) is 0 Å². The number of halogens is 1. The molecule has 1 aromatic carbocycles. The fourth-order valence-electron chi connectivity index (χ4n) is 4.48. The van der Waals surface area contributed by atoms with Crippen LogP contribution in [0.2, 0.25) is 0 Å². The number of hydrogen-bond donors (Lipinski definition) is 0.